The van der Waals surface area contributed by atoms with E-state index in [0.717, 1.165) is 11.3 Å². The van der Waals surface area contributed by atoms with Crippen molar-refractivity contribution in [1.82, 2.24) is 0 Å². The number of anilines is 1. The Labute approximate surface area is 105 Å². The molecular weight excluding hydrogens is 269 g/mol. The van der Waals surface area contributed by atoms with Crippen LogP contribution in [-0.4, -0.2) is 13.1 Å². The summed E-state index contributed by atoms with van der Waals surface area (Å²) in [5.41, 5.74) is 1.72. The molecule has 0 atom stereocenters. The van der Waals surface area contributed by atoms with Gasteiger partial charge in [0.05, 0.1) is 5.69 Å². The molecule has 1 aromatic rings. The van der Waals surface area contributed by atoms with E-state index in [4.69, 9.17) is 0 Å². The van der Waals surface area contributed by atoms with Gasteiger partial charge in [0.2, 0.25) is 0 Å². The zero-order valence-electron chi connectivity index (χ0n) is 9.55. The first-order chi connectivity index (χ1) is 7.72. The normalized spacial score (nSPS) is 16.7. The molecule has 0 heterocycles. The van der Waals surface area contributed by atoms with E-state index < -0.39 is 0 Å². The van der Waals surface area contributed by atoms with Gasteiger partial charge in [-0.2, -0.15) is 0 Å². The zero-order valence-corrected chi connectivity index (χ0v) is 11.1. The number of hydrogen-bond donors (Lipinski definition) is 0. The summed E-state index contributed by atoms with van der Waals surface area (Å²) in [6, 6.07) is 6.02. The van der Waals surface area contributed by atoms with Gasteiger partial charge in [0.25, 0.3) is 0 Å². The fourth-order valence-electron chi connectivity index (χ4n) is 2.41. The van der Waals surface area contributed by atoms with E-state index in [9.17, 15) is 4.39 Å². The maximum absolute atomic E-state index is 13.9. The van der Waals surface area contributed by atoms with Crippen molar-refractivity contribution < 1.29 is 4.39 Å². The predicted molar refractivity (Wildman–Crippen MR) is 69.7 cm³/mol. The minimum Gasteiger partial charge on any atom is -0.369 e. The van der Waals surface area contributed by atoms with E-state index in [1.807, 2.05) is 19.2 Å². The van der Waals surface area contributed by atoms with Crippen molar-refractivity contribution in [2.75, 3.05) is 11.9 Å². The highest BCUT2D eigenvalue weighted by Gasteiger charge is 2.21. The van der Waals surface area contributed by atoms with Gasteiger partial charge in [0, 0.05) is 18.4 Å². The highest BCUT2D eigenvalue weighted by Crippen LogP contribution is 2.29. The molecule has 0 N–H and O–H groups in total. The second kappa shape index (κ2) is 5.17. The molecule has 1 nitrogen and oxygen atoms in total. The van der Waals surface area contributed by atoms with Crippen LogP contribution in [0.1, 0.15) is 31.2 Å². The van der Waals surface area contributed by atoms with E-state index in [2.05, 4.69) is 20.8 Å². The molecule has 0 saturated heterocycles. The van der Waals surface area contributed by atoms with E-state index in [1.165, 1.54) is 25.7 Å². The number of benzene rings is 1. The Balaban J connectivity index is 2.19. The number of halogens is 2. The van der Waals surface area contributed by atoms with E-state index in [0.29, 0.717) is 11.4 Å². The quantitative estimate of drug-likeness (QED) is 0.756. The van der Waals surface area contributed by atoms with Crippen molar-refractivity contribution in [3.05, 3.63) is 29.6 Å². The van der Waals surface area contributed by atoms with Gasteiger partial charge in [-0.3, -0.25) is 0 Å². The summed E-state index contributed by atoms with van der Waals surface area (Å²) >= 11 is 3.34. The van der Waals surface area contributed by atoms with Crippen molar-refractivity contribution in [2.45, 2.75) is 37.1 Å². The lowest BCUT2D eigenvalue weighted by molar-refractivity contribution is 0.594. The maximum atomic E-state index is 13.9. The molecule has 1 aliphatic rings. The Kier molecular flexibility index (Phi) is 3.85. The van der Waals surface area contributed by atoms with Crippen molar-refractivity contribution in [3.8, 4) is 0 Å². The van der Waals surface area contributed by atoms with Gasteiger partial charge in [-0.1, -0.05) is 34.8 Å². The van der Waals surface area contributed by atoms with Crippen LogP contribution in [0, 0.1) is 5.82 Å². The number of rotatable bonds is 3. The van der Waals surface area contributed by atoms with Crippen LogP contribution in [0.25, 0.3) is 0 Å². The molecule has 0 bridgehead atoms. The smallest absolute Gasteiger partial charge is 0.146 e. The lowest BCUT2D eigenvalue weighted by atomic mass is 10.1. The van der Waals surface area contributed by atoms with Crippen LogP contribution >= 0.6 is 15.9 Å². The lowest BCUT2D eigenvalue weighted by Gasteiger charge is -2.27. The molecule has 0 amide bonds. The van der Waals surface area contributed by atoms with Gasteiger partial charge in [0.1, 0.15) is 5.82 Å². The fourth-order valence-corrected chi connectivity index (χ4v) is 2.76. The molecule has 1 saturated carbocycles. The SMILES string of the molecule is CN(c1ccc(CBr)cc1F)C1CCCC1. The molecule has 1 fully saturated rings. The molecule has 0 aliphatic heterocycles. The van der Waals surface area contributed by atoms with E-state index in [1.54, 1.807) is 6.07 Å². The molecule has 1 aliphatic carbocycles. The van der Waals surface area contributed by atoms with Crippen LogP contribution in [0.4, 0.5) is 10.1 Å². The van der Waals surface area contributed by atoms with Gasteiger partial charge in [-0.05, 0) is 30.5 Å². The summed E-state index contributed by atoms with van der Waals surface area (Å²) in [5.74, 6) is -0.105. The maximum Gasteiger partial charge on any atom is 0.146 e. The highest BCUT2D eigenvalue weighted by atomic mass is 79.9. The van der Waals surface area contributed by atoms with Gasteiger partial charge in [-0.25, -0.2) is 4.39 Å². The Hall–Kier alpha value is -0.570. The van der Waals surface area contributed by atoms with Crippen LogP contribution in [-0.2, 0) is 5.33 Å². The first-order valence-electron chi connectivity index (χ1n) is 5.79. The molecule has 1 aromatic carbocycles. The number of nitrogens with zero attached hydrogens (tertiary/aromatic N) is 1. The van der Waals surface area contributed by atoms with Crippen molar-refractivity contribution in [1.29, 1.82) is 0 Å². The third-order valence-electron chi connectivity index (χ3n) is 3.42. The zero-order chi connectivity index (χ0) is 11.5. The molecule has 0 aromatic heterocycles. The molecule has 0 unspecified atom stereocenters. The van der Waals surface area contributed by atoms with Crippen LogP contribution in [0.15, 0.2) is 18.2 Å². The van der Waals surface area contributed by atoms with Gasteiger partial charge in [-0.15, -0.1) is 0 Å². The Morgan fingerprint density at radius 1 is 1.38 bits per heavy atom. The predicted octanol–water partition coefficient (Wildman–Crippen LogP) is 4.10. The Morgan fingerprint density at radius 2 is 2.06 bits per heavy atom. The molecule has 88 valence electrons. The fraction of sp³-hybridized carbons (Fsp3) is 0.538. The second-order valence-electron chi connectivity index (χ2n) is 4.47. The highest BCUT2D eigenvalue weighted by molar-refractivity contribution is 9.08. The third kappa shape index (κ3) is 2.40. The van der Waals surface area contributed by atoms with Crippen molar-refractivity contribution in [2.24, 2.45) is 0 Å². The average Bonchev–Trinajstić information content (AvgIpc) is 2.81. The van der Waals surface area contributed by atoms with Crippen molar-refractivity contribution >= 4 is 21.6 Å². The van der Waals surface area contributed by atoms with E-state index in [-0.39, 0.29) is 5.82 Å². The Bertz CT molecular complexity index is 361. The van der Waals surface area contributed by atoms with Crippen LogP contribution < -0.4 is 4.90 Å². The number of alkyl halides is 1. The van der Waals surface area contributed by atoms with Crippen molar-refractivity contribution in [3.63, 3.8) is 0 Å². The molecular formula is C13H17BrFN. The minimum atomic E-state index is -0.105. The minimum absolute atomic E-state index is 0.105. The molecule has 16 heavy (non-hydrogen) atoms. The topological polar surface area (TPSA) is 3.24 Å². The summed E-state index contributed by atoms with van der Waals surface area (Å²) in [4.78, 5) is 2.10. The molecule has 0 radical (unpaired) electrons. The van der Waals surface area contributed by atoms with Gasteiger partial charge >= 0.3 is 0 Å². The van der Waals surface area contributed by atoms with Crippen LogP contribution in [0.5, 0.6) is 0 Å². The second-order valence-corrected chi connectivity index (χ2v) is 5.03. The summed E-state index contributed by atoms with van der Waals surface area (Å²) in [6.07, 6.45) is 4.93. The lowest BCUT2D eigenvalue weighted by Crippen LogP contribution is -2.29. The summed E-state index contributed by atoms with van der Waals surface area (Å²) in [6.45, 7) is 0. The van der Waals surface area contributed by atoms with Gasteiger partial charge in [0.15, 0.2) is 0 Å². The standard InChI is InChI=1S/C13H17BrFN/c1-16(11-4-2-3-5-11)13-7-6-10(9-14)8-12(13)15/h6-8,11H,2-5,9H2,1H3. The monoisotopic (exact) mass is 285 g/mol. The largest absolute Gasteiger partial charge is 0.369 e. The van der Waals surface area contributed by atoms with E-state index >= 15 is 0 Å². The van der Waals surface area contributed by atoms with Crippen LogP contribution in [0.3, 0.4) is 0 Å². The summed E-state index contributed by atoms with van der Waals surface area (Å²) < 4.78 is 13.9. The van der Waals surface area contributed by atoms with Crippen LogP contribution in [0.2, 0.25) is 0 Å². The molecule has 2 rings (SSSR count). The Morgan fingerprint density at radius 3 is 2.62 bits per heavy atom. The third-order valence-corrected chi connectivity index (χ3v) is 4.07. The summed E-state index contributed by atoms with van der Waals surface area (Å²) in [7, 11) is 2.00. The number of hydrogen-bond acceptors (Lipinski definition) is 1. The van der Waals surface area contributed by atoms with Gasteiger partial charge < -0.3 is 4.90 Å². The molecule has 0 spiro atoms. The first kappa shape index (κ1) is 11.9. The summed E-state index contributed by atoms with van der Waals surface area (Å²) in [5, 5.41) is 0.706. The average molecular weight is 286 g/mol. The molecule has 3 heteroatoms. The first-order valence-corrected chi connectivity index (χ1v) is 6.91.